The Hall–Kier alpha value is -2.80. The zero-order valence-corrected chi connectivity index (χ0v) is 20.7. The van der Waals surface area contributed by atoms with Gasteiger partial charge in [0.1, 0.15) is 0 Å². The molecule has 0 saturated heterocycles. The Morgan fingerprint density at radius 2 is 1.74 bits per heavy atom. The predicted octanol–water partition coefficient (Wildman–Crippen LogP) is 6.09. The van der Waals surface area contributed by atoms with Gasteiger partial charge in [0.15, 0.2) is 5.16 Å². The number of carbonyl (C=O) groups is 1. The van der Waals surface area contributed by atoms with Crippen molar-refractivity contribution in [2.45, 2.75) is 36.8 Å². The van der Waals surface area contributed by atoms with Gasteiger partial charge in [-0.05, 0) is 53.9 Å². The lowest BCUT2D eigenvalue weighted by Crippen LogP contribution is -2.26. The molecule has 0 saturated carbocycles. The highest BCUT2D eigenvalue weighted by atomic mass is 35.5. The number of nitrogens with zero attached hydrogens (tertiary/aromatic N) is 2. The summed E-state index contributed by atoms with van der Waals surface area (Å²) in [6.07, 6.45) is 0.830. The lowest BCUT2D eigenvalue weighted by atomic mass is 10.2. The zero-order chi connectivity index (χ0) is 23.9. The van der Waals surface area contributed by atoms with E-state index in [2.05, 4.69) is 5.32 Å². The molecule has 3 aromatic carbocycles. The molecule has 8 heteroatoms. The molecule has 0 aliphatic heterocycles. The molecule has 4 aromatic rings. The van der Waals surface area contributed by atoms with E-state index in [-0.39, 0.29) is 11.5 Å². The van der Waals surface area contributed by atoms with Gasteiger partial charge in [-0.3, -0.25) is 14.2 Å². The second kappa shape index (κ2) is 11.6. The van der Waals surface area contributed by atoms with Crippen molar-refractivity contribution in [1.29, 1.82) is 0 Å². The third-order valence-corrected chi connectivity index (χ3v) is 6.81. The third kappa shape index (κ3) is 6.41. The molecule has 1 heterocycles. The zero-order valence-electron chi connectivity index (χ0n) is 18.3. The van der Waals surface area contributed by atoms with Crippen molar-refractivity contribution in [2.75, 3.05) is 0 Å². The maximum atomic E-state index is 13.2. The van der Waals surface area contributed by atoms with E-state index in [0.717, 1.165) is 11.1 Å². The van der Waals surface area contributed by atoms with E-state index in [4.69, 9.17) is 28.2 Å². The number of amides is 1. The average Bonchev–Trinajstić information content (AvgIpc) is 2.84. The van der Waals surface area contributed by atoms with Crippen LogP contribution in [0.1, 0.15) is 24.0 Å². The van der Waals surface area contributed by atoms with Crippen LogP contribution in [-0.4, -0.2) is 15.5 Å². The summed E-state index contributed by atoms with van der Waals surface area (Å²) in [5.41, 5.74) is 2.60. The first-order chi connectivity index (χ1) is 16.5. The van der Waals surface area contributed by atoms with E-state index >= 15 is 0 Å². The smallest absolute Gasteiger partial charge is 0.262 e. The fraction of sp³-hybridized carbons (Fsp3) is 0.192. The summed E-state index contributed by atoms with van der Waals surface area (Å²) in [5, 5.41) is 5.44. The Kier molecular flexibility index (Phi) is 8.27. The molecule has 1 aromatic heterocycles. The van der Waals surface area contributed by atoms with Gasteiger partial charge in [-0.1, -0.05) is 71.4 Å². The fourth-order valence-electron chi connectivity index (χ4n) is 3.52. The maximum Gasteiger partial charge on any atom is 0.262 e. The number of fused-ring (bicyclic) bond motifs is 1. The molecular weight excluding hydrogens is 489 g/mol. The molecule has 0 unspecified atom stereocenters. The topological polar surface area (TPSA) is 64.0 Å². The highest BCUT2D eigenvalue weighted by Crippen LogP contribution is 2.23. The minimum absolute atomic E-state index is 0.0721. The molecule has 5 nitrogen and oxygen atoms in total. The van der Waals surface area contributed by atoms with Gasteiger partial charge < -0.3 is 5.32 Å². The molecule has 0 radical (unpaired) electrons. The first-order valence-corrected chi connectivity index (χ1v) is 12.6. The molecule has 0 bridgehead atoms. The first kappa shape index (κ1) is 24.3. The van der Waals surface area contributed by atoms with Crippen molar-refractivity contribution in [3.8, 4) is 0 Å². The van der Waals surface area contributed by atoms with Crippen LogP contribution < -0.4 is 10.9 Å². The number of aromatic nitrogens is 2. The normalized spacial score (nSPS) is 11.0. The molecule has 0 aliphatic rings. The van der Waals surface area contributed by atoms with Gasteiger partial charge in [0.05, 0.1) is 10.9 Å². The molecule has 0 spiro atoms. The number of hydrogen-bond acceptors (Lipinski definition) is 4. The number of nitrogens with one attached hydrogen (secondary N) is 1. The van der Waals surface area contributed by atoms with Crippen LogP contribution in [0, 0.1) is 0 Å². The molecule has 174 valence electrons. The van der Waals surface area contributed by atoms with Crippen molar-refractivity contribution >= 4 is 51.8 Å². The summed E-state index contributed by atoms with van der Waals surface area (Å²) in [4.78, 5) is 30.3. The van der Waals surface area contributed by atoms with Crippen molar-refractivity contribution in [3.05, 3.63) is 104 Å². The lowest BCUT2D eigenvalue weighted by molar-refractivity contribution is -0.121. The Morgan fingerprint density at radius 1 is 0.941 bits per heavy atom. The van der Waals surface area contributed by atoms with Gasteiger partial charge >= 0.3 is 0 Å². The number of benzene rings is 3. The standard InChI is InChI=1S/C26H23Cl2N3O2S/c27-20-12-10-18(11-13-20)17-34-26-30-23-8-2-1-7-22(23)25(33)31(26)14-4-9-24(32)29-16-19-5-3-6-21(28)15-19/h1-3,5-8,10-13,15H,4,9,14,16-17H2,(H,29,32). The maximum absolute atomic E-state index is 13.2. The van der Waals surface area contributed by atoms with Gasteiger partial charge in [-0.15, -0.1) is 0 Å². The van der Waals surface area contributed by atoms with Gasteiger partial charge in [-0.2, -0.15) is 0 Å². The van der Waals surface area contributed by atoms with Crippen LogP contribution in [0.25, 0.3) is 10.9 Å². The number of thioether (sulfide) groups is 1. The fourth-order valence-corrected chi connectivity index (χ4v) is 4.84. The van der Waals surface area contributed by atoms with E-state index in [1.165, 1.54) is 11.8 Å². The van der Waals surface area contributed by atoms with E-state index in [1.54, 1.807) is 16.7 Å². The monoisotopic (exact) mass is 511 g/mol. The summed E-state index contributed by atoms with van der Waals surface area (Å²) in [5.74, 6) is 0.583. The Bertz CT molecular complexity index is 1360. The van der Waals surface area contributed by atoms with Crippen molar-refractivity contribution in [1.82, 2.24) is 14.9 Å². The third-order valence-electron chi connectivity index (χ3n) is 5.27. The Labute approximate surface area is 212 Å². The molecule has 0 atom stereocenters. The SMILES string of the molecule is O=C(CCCn1c(SCc2ccc(Cl)cc2)nc2ccccc2c1=O)NCc1cccc(Cl)c1. The average molecular weight is 512 g/mol. The lowest BCUT2D eigenvalue weighted by Gasteiger charge is -2.13. The minimum Gasteiger partial charge on any atom is -0.352 e. The first-order valence-electron chi connectivity index (χ1n) is 10.9. The van der Waals surface area contributed by atoms with E-state index in [9.17, 15) is 9.59 Å². The highest BCUT2D eigenvalue weighted by molar-refractivity contribution is 7.98. The number of halogens is 2. The van der Waals surface area contributed by atoms with Crippen LogP contribution in [0.2, 0.25) is 10.0 Å². The summed E-state index contributed by atoms with van der Waals surface area (Å²) >= 11 is 13.5. The van der Waals surface area contributed by atoms with Crippen LogP contribution in [0.15, 0.2) is 82.7 Å². The van der Waals surface area contributed by atoms with Crippen LogP contribution in [0.5, 0.6) is 0 Å². The quantitative estimate of drug-likeness (QED) is 0.218. The minimum atomic E-state index is -0.0939. The molecule has 4 rings (SSSR count). The Morgan fingerprint density at radius 3 is 2.53 bits per heavy atom. The van der Waals surface area contributed by atoms with Crippen molar-refractivity contribution in [3.63, 3.8) is 0 Å². The molecule has 34 heavy (non-hydrogen) atoms. The summed E-state index contributed by atoms with van der Waals surface area (Å²) in [7, 11) is 0. The summed E-state index contributed by atoms with van der Waals surface area (Å²) in [6.45, 7) is 0.823. The molecule has 1 N–H and O–H groups in total. The highest BCUT2D eigenvalue weighted by Gasteiger charge is 2.12. The number of para-hydroxylation sites is 1. The second-order valence-corrected chi connectivity index (χ2v) is 9.61. The second-order valence-electron chi connectivity index (χ2n) is 7.79. The molecule has 1 amide bonds. The Balaban J connectivity index is 1.43. The van der Waals surface area contributed by atoms with E-state index in [0.29, 0.717) is 57.8 Å². The van der Waals surface area contributed by atoms with Gasteiger partial charge in [0.25, 0.3) is 5.56 Å². The number of carbonyl (C=O) groups excluding carboxylic acids is 1. The van der Waals surface area contributed by atoms with Gasteiger partial charge in [0.2, 0.25) is 5.91 Å². The molecule has 0 aliphatic carbocycles. The van der Waals surface area contributed by atoms with Crippen LogP contribution in [-0.2, 0) is 23.6 Å². The number of hydrogen-bond donors (Lipinski definition) is 1. The van der Waals surface area contributed by atoms with Gasteiger partial charge in [-0.25, -0.2) is 4.98 Å². The molecular formula is C26H23Cl2N3O2S. The summed E-state index contributed by atoms with van der Waals surface area (Å²) in [6, 6.07) is 22.3. The summed E-state index contributed by atoms with van der Waals surface area (Å²) < 4.78 is 1.67. The van der Waals surface area contributed by atoms with E-state index in [1.807, 2.05) is 60.7 Å². The molecule has 0 fully saturated rings. The van der Waals surface area contributed by atoms with Crippen LogP contribution in [0.3, 0.4) is 0 Å². The van der Waals surface area contributed by atoms with E-state index < -0.39 is 0 Å². The van der Waals surface area contributed by atoms with Crippen LogP contribution >= 0.6 is 35.0 Å². The largest absolute Gasteiger partial charge is 0.352 e. The van der Waals surface area contributed by atoms with Gasteiger partial charge in [0, 0.05) is 35.3 Å². The predicted molar refractivity (Wildman–Crippen MR) is 140 cm³/mol. The number of rotatable bonds is 9. The van der Waals surface area contributed by atoms with Crippen molar-refractivity contribution < 1.29 is 4.79 Å². The van der Waals surface area contributed by atoms with Crippen molar-refractivity contribution in [2.24, 2.45) is 0 Å². The van der Waals surface area contributed by atoms with Crippen LogP contribution in [0.4, 0.5) is 0 Å².